The summed E-state index contributed by atoms with van der Waals surface area (Å²) in [5, 5.41) is 3.21. The highest BCUT2D eigenvalue weighted by atomic mass is 14.9. The molecule has 0 aromatic carbocycles. The van der Waals surface area contributed by atoms with Crippen molar-refractivity contribution < 1.29 is 0 Å². The number of pyridine rings is 1. The van der Waals surface area contributed by atoms with Crippen LogP contribution in [0.3, 0.4) is 0 Å². The molecule has 0 radical (unpaired) electrons. The first-order chi connectivity index (χ1) is 5.88. The first-order valence-corrected chi connectivity index (χ1v) is 4.06. The van der Waals surface area contributed by atoms with E-state index in [-0.39, 0.29) is 0 Å². The van der Waals surface area contributed by atoms with Crippen LogP contribution in [0.15, 0.2) is 37.2 Å². The average Bonchev–Trinajstić information content (AvgIpc) is 2.15. The largest absolute Gasteiger partial charge is 0.313 e. The first-order valence-electron chi connectivity index (χ1n) is 4.06. The van der Waals surface area contributed by atoms with Crippen molar-refractivity contribution >= 4 is 0 Å². The number of aromatic nitrogens is 1. The van der Waals surface area contributed by atoms with E-state index in [0.29, 0.717) is 6.04 Å². The molecule has 1 N–H and O–H groups in total. The van der Waals surface area contributed by atoms with Gasteiger partial charge in [-0.2, -0.15) is 0 Å². The molecule has 0 aliphatic carbocycles. The van der Waals surface area contributed by atoms with Gasteiger partial charge in [-0.15, -0.1) is 6.58 Å². The maximum Gasteiger partial charge on any atom is 0.0367 e. The second-order valence-electron chi connectivity index (χ2n) is 2.65. The van der Waals surface area contributed by atoms with Gasteiger partial charge in [-0.25, -0.2) is 0 Å². The van der Waals surface area contributed by atoms with Gasteiger partial charge < -0.3 is 5.32 Å². The fourth-order valence-electron chi connectivity index (χ4n) is 1.17. The van der Waals surface area contributed by atoms with Crippen LogP contribution in [0.4, 0.5) is 0 Å². The summed E-state index contributed by atoms with van der Waals surface area (Å²) in [6, 6.07) is 4.36. The van der Waals surface area contributed by atoms with E-state index in [2.05, 4.69) is 22.9 Å². The molecule has 1 rings (SSSR count). The van der Waals surface area contributed by atoms with Crippen LogP contribution in [0.5, 0.6) is 0 Å². The van der Waals surface area contributed by atoms with Crippen molar-refractivity contribution in [3.63, 3.8) is 0 Å². The van der Waals surface area contributed by atoms with Crippen LogP contribution in [0.25, 0.3) is 0 Å². The summed E-state index contributed by atoms with van der Waals surface area (Å²) in [6.07, 6.45) is 6.51. The van der Waals surface area contributed by atoms with Crippen molar-refractivity contribution in [2.24, 2.45) is 0 Å². The molecule has 64 valence electrons. The molecule has 1 unspecified atom stereocenters. The maximum absolute atomic E-state index is 4.06. The highest BCUT2D eigenvalue weighted by molar-refractivity contribution is 5.14. The second-order valence-corrected chi connectivity index (χ2v) is 2.65. The fraction of sp³-hybridized carbons (Fsp3) is 0.300. The topological polar surface area (TPSA) is 24.9 Å². The minimum atomic E-state index is 0.344. The highest BCUT2D eigenvalue weighted by Crippen LogP contribution is 2.14. The Kier molecular flexibility index (Phi) is 3.48. The number of nitrogens with one attached hydrogen (secondary N) is 1. The lowest BCUT2D eigenvalue weighted by atomic mass is 10.1. The Labute approximate surface area is 73.3 Å². The van der Waals surface area contributed by atoms with Crippen molar-refractivity contribution in [3.05, 3.63) is 42.7 Å². The van der Waals surface area contributed by atoms with E-state index >= 15 is 0 Å². The lowest BCUT2D eigenvalue weighted by Crippen LogP contribution is -2.15. The van der Waals surface area contributed by atoms with Crippen molar-refractivity contribution in [2.45, 2.75) is 12.5 Å². The number of rotatable bonds is 4. The van der Waals surface area contributed by atoms with Gasteiger partial charge in [0, 0.05) is 18.4 Å². The molecule has 1 atom stereocenters. The van der Waals surface area contributed by atoms with E-state index in [0.717, 1.165) is 6.42 Å². The van der Waals surface area contributed by atoms with Crippen LogP contribution >= 0.6 is 0 Å². The second kappa shape index (κ2) is 4.67. The molecule has 2 nitrogen and oxygen atoms in total. The quantitative estimate of drug-likeness (QED) is 0.684. The van der Waals surface area contributed by atoms with Crippen molar-refractivity contribution in [1.82, 2.24) is 10.3 Å². The lowest BCUT2D eigenvalue weighted by molar-refractivity contribution is 0.601. The van der Waals surface area contributed by atoms with E-state index in [9.17, 15) is 0 Å². The summed E-state index contributed by atoms with van der Waals surface area (Å²) < 4.78 is 0. The van der Waals surface area contributed by atoms with Crippen molar-refractivity contribution in [2.75, 3.05) is 7.05 Å². The molecule has 1 aromatic heterocycles. The van der Waals surface area contributed by atoms with Gasteiger partial charge >= 0.3 is 0 Å². The zero-order valence-corrected chi connectivity index (χ0v) is 7.33. The molecule has 0 saturated heterocycles. The molecule has 0 spiro atoms. The van der Waals surface area contributed by atoms with Crippen LogP contribution < -0.4 is 5.32 Å². The highest BCUT2D eigenvalue weighted by Gasteiger charge is 2.05. The summed E-state index contributed by atoms with van der Waals surface area (Å²) in [7, 11) is 1.95. The van der Waals surface area contributed by atoms with Crippen LogP contribution in [0.2, 0.25) is 0 Å². The summed E-state index contributed by atoms with van der Waals surface area (Å²) in [6.45, 7) is 3.71. The predicted molar refractivity (Wildman–Crippen MR) is 50.9 cm³/mol. The smallest absolute Gasteiger partial charge is 0.0367 e. The summed E-state index contributed by atoms with van der Waals surface area (Å²) >= 11 is 0. The third kappa shape index (κ3) is 2.17. The van der Waals surface area contributed by atoms with E-state index < -0.39 is 0 Å². The molecule has 12 heavy (non-hydrogen) atoms. The lowest BCUT2D eigenvalue weighted by Gasteiger charge is -2.13. The Bertz CT molecular complexity index is 231. The molecule has 0 amide bonds. The van der Waals surface area contributed by atoms with Crippen LogP contribution in [0.1, 0.15) is 18.0 Å². The SMILES string of the molecule is C=CCC(NC)c1cccnc1. The van der Waals surface area contributed by atoms with E-state index in [1.165, 1.54) is 5.56 Å². The third-order valence-corrected chi connectivity index (χ3v) is 1.84. The zero-order chi connectivity index (χ0) is 8.81. The summed E-state index contributed by atoms with van der Waals surface area (Å²) in [5.74, 6) is 0. The molecule has 0 aliphatic rings. The van der Waals surface area contributed by atoms with Gasteiger partial charge in [0.25, 0.3) is 0 Å². The van der Waals surface area contributed by atoms with Crippen molar-refractivity contribution in [1.29, 1.82) is 0 Å². The molecule has 0 bridgehead atoms. The minimum absolute atomic E-state index is 0.344. The van der Waals surface area contributed by atoms with Gasteiger partial charge in [0.1, 0.15) is 0 Å². The number of nitrogens with zero attached hydrogens (tertiary/aromatic N) is 1. The summed E-state index contributed by atoms with van der Waals surface area (Å²) in [5.41, 5.74) is 1.21. The van der Waals surface area contributed by atoms with E-state index in [1.807, 2.05) is 25.4 Å². The van der Waals surface area contributed by atoms with E-state index in [4.69, 9.17) is 0 Å². The van der Waals surface area contributed by atoms with Gasteiger partial charge in [0.05, 0.1) is 0 Å². The molecule has 2 heteroatoms. The molecule has 0 fully saturated rings. The van der Waals surface area contributed by atoms with Gasteiger partial charge in [-0.05, 0) is 25.1 Å². The number of hydrogen-bond donors (Lipinski definition) is 1. The van der Waals surface area contributed by atoms with E-state index in [1.54, 1.807) is 6.20 Å². The van der Waals surface area contributed by atoms with Crippen LogP contribution in [-0.4, -0.2) is 12.0 Å². The Morgan fingerprint density at radius 3 is 3.08 bits per heavy atom. The van der Waals surface area contributed by atoms with Gasteiger partial charge in [0.15, 0.2) is 0 Å². The first kappa shape index (κ1) is 8.94. The Balaban J connectivity index is 2.72. The molecular formula is C10H14N2. The zero-order valence-electron chi connectivity index (χ0n) is 7.33. The molecule has 0 saturated carbocycles. The molecule has 0 aliphatic heterocycles. The summed E-state index contributed by atoms with van der Waals surface area (Å²) in [4.78, 5) is 4.06. The van der Waals surface area contributed by atoms with Crippen LogP contribution in [-0.2, 0) is 0 Å². The Morgan fingerprint density at radius 2 is 2.58 bits per heavy atom. The van der Waals surface area contributed by atoms with Gasteiger partial charge in [0.2, 0.25) is 0 Å². The Hall–Kier alpha value is -1.15. The fourth-order valence-corrected chi connectivity index (χ4v) is 1.17. The molecule has 1 heterocycles. The molecule has 1 aromatic rings. The predicted octanol–water partition coefficient (Wildman–Crippen LogP) is 1.92. The van der Waals surface area contributed by atoms with Crippen molar-refractivity contribution in [3.8, 4) is 0 Å². The number of hydrogen-bond acceptors (Lipinski definition) is 2. The van der Waals surface area contributed by atoms with Gasteiger partial charge in [-0.3, -0.25) is 4.98 Å². The minimum Gasteiger partial charge on any atom is -0.313 e. The standard InChI is InChI=1S/C10H14N2/c1-3-5-10(11-2)9-6-4-7-12-8-9/h3-4,6-8,10-11H,1,5H2,2H3. The Morgan fingerprint density at radius 1 is 1.75 bits per heavy atom. The maximum atomic E-state index is 4.06. The van der Waals surface area contributed by atoms with Gasteiger partial charge in [-0.1, -0.05) is 12.1 Å². The third-order valence-electron chi connectivity index (χ3n) is 1.84. The molecular weight excluding hydrogens is 148 g/mol. The van der Waals surface area contributed by atoms with Crippen LogP contribution in [0, 0.1) is 0 Å². The normalized spacial score (nSPS) is 12.4. The average molecular weight is 162 g/mol. The monoisotopic (exact) mass is 162 g/mol.